The number of oxime groups is 1. The largest absolute Gasteiger partial charge is 0.481 e. The SMILES string of the molecule is CCc1cc(/C(C)=N/OCc2ccc(C3CCCCC3)c(C(F)(F)F)c2)ccc1CNCC(CO)C(=O)O. The van der Waals surface area contributed by atoms with Crippen molar-refractivity contribution in [3.05, 3.63) is 69.8 Å². The van der Waals surface area contributed by atoms with Gasteiger partial charge in [0.25, 0.3) is 0 Å². The topological polar surface area (TPSA) is 91.1 Å². The molecule has 3 N–H and O–H groups in total. The van der Waals surface area contributed by atoms with Crippen LogP contribution in [0.1, 0.15) is 85.3 Å². The molecule has 0 bridgehead atoms. The summed E-state index contributed by atoms with van der Waals surface area (Å²) in [6.07, 6.45) is 0.931. The van der Waals surface area contributed by atoms with Crippen LogP contribution in [0.3, 0.4) is 0 Å². The molecule has 0 aromatic heterocycles. The van der Waals surface area contributed by atoms with Gasteiger partial charge in [0.2, 0.25) is 0 Å². The lowest BCUT2D eigenvalue weighted by molar-refractivity contribution is -0.143. The molecule has 1 saturated carbocycles. The van der Waals surface area contributed by atoms with E-state index in [1.54, 1.807) is 19.1 Å². The van der Waals surface area contributed by atoms with Crippen LogP contribution in [0.15, 0.2) is 41.6 Å². The third-order valence-electron chi connectivity index (χ3n) is 7.18. The van der Waals surface area contributed by atoms with E-state index in [-0.39, 0.29) is 19.1 Å². The van der Waals surface area contributed by atoms with Gasteiger partial charge >= 0.3 is 12.1 Å². The molecule has 3 rings (SSSR count). The molecule has 6 nitrogen and oxygen atoms in total. The summed E-state index contributed by atoms with van der Waals surface area (Å²) in [5, 5.41) is 25.4. The van der Waals surface area contributed by atoms with Gasteiger partial charge in [-0.3, -0.25) is 4.79 Å². The number of aliphatic hydroxyl groups excluding tert-OH is 1. The van der Waals surface area contributed by atoms with Crippen molar-refractivity contribution in [2.24, 2.45) is 11.1 Å². The molecule has 1 aliphatic carbocycles. The van der Waals surface area contributed by atoms with Crippen molar-refractivity contribution >= 4 is 11.7 Å². The third kappa shape index (κ3) is 8.04. The Hall–Kier alpha value is -2.91. The first kappa shape index (κ1) is 29.6. The van der Waals surface area contributed by atoms with E-state index in [0.29, 0.717) is 23.4 Å². The zero-order valence-electron chi connectivity index (χ0n) is 22.0. The van der Waals surface area contributed by atoms with Gasteiger partial charge in [-0.05, 0) is 72.1 Å². The van der Waals surface area contributed by atoms with Crippen molar-refractivity contribution in [2.45, 2.75) is 77.6 Å². The number of nitrogens with one attached hydrogen (secondary N) is 1. The minimum absolute atomic E-state index is 0.0465. The first-order chi connectivity index (χ1) is 18.1. The first-order valence-electron chi connectivity index (χ1n) is 13.2. The predicted molar refractivity (Wildman–Crippen MR) is 140 cm³/mol. The monoisotopic (exact) mass is 534 g/mol. The van der Waals surface area contributed by atoms with Gasteiger partial charge in [-0.15, -0.1) is 0 Å². The van der Waals surface area contributed by atoms with E-state index in [0.717, 1.165) is 55.2 Å². The Bertz CT molecular complexity index is 1110. The fraction of sp³-hybridized carbons (Fsp3) is 0.517. The highest BCUT2D eigenvalue weighted by atomic mass is 19.4. The highest BCUT2D eigenvalue weighted by Gasteiger charge is 2.35. The number of nitrogens with zero attached hydrogens (tertiary/aromatic N) is 1. The van der Waals surface area contributed by atoms with Crippen molar-refractivity contribution in [1.29, 1.82) is 0 Å². The van der Waals surface area contributed by atoms with Gasteiger partial charge in [-0.25, -0.2) is 0 Å². The molecule has 1 atom stereocenters. The molecule has 1 fully saturated rings. The molecule has 1 aliphatic rings. The number of rotatable bonds is 12. The van der Waals surface area contributed by atoms with Crippen molar-refractivity contribution < 1.29 is 33.0 Å². The van der Waals surface area contributed by atoms with Gasteiger partial charge in [0.15, 0.2) is 0 Å². The van der Waals surface area contributed by atoms with Crippen LogP contribution in [0.4, 0.5) is 13.2 Å². The lowest BCUT2D eigenvalue weighted by atomic mass is 9.81. The van der Waals surface area contributed by atoms with Gasteiger partial charge in [0.1, 0.15) is 6.61 Å². The van der Waals surface area contributed by atoms with E-state index in [4.69, 9.17) is 15.1 Å². The maximum Gasteiger partial charge on any atom is 0.416 e. The highest BCUT2D eigenvalue weighted by Crippen LogP contribution is 2.41. The van der Waals surface area contributed by atoms with Crippen molar-refractivity contribution in [2.75, 3.05) is 13.2 Å². The average molecular weight is 535 g/mol. The van der Waals surface area contributed by atoms with Crippen LogP contribution >= 0.6 is 0 Å². The Balaban J connectivity index is 1.65. The van der Waals surface area contributed by atoms with Crippen LogP contribution in [-0.2, 0) is 35.4 Å². The second kappa shape index (κ2) is 13.8. The van der Waals surface area contributed by atoms with E-state index in [1.807, 2.05) is 25.1 Å². The van der Waals surface area contributed by atoms with Crippen LogP contribution in [0.25, 0.3) is 0 Å². The Morgan fingerprint density at radius 3 is 2.50 bits per heavy atom. The highest BCUT2D eigenvalue weighted by molar-refractivity contribution is 5.98. The predicted octanol–water partition coefficient (Wildman–Crippen LogP) is 6.04. The number of hydrogen-bond donors (Lipinski definition) is 3. The number of aliphatic carboxylic acids is 1. The molecule has 0 spiro atoms. The molecule has 0 heterocycles. The van der Waals surface area contributed by atoms with Crippen molar-refractivity contribution in [3.63, 3.8) is 0 Å². The quantitative estimate of drug-likeness (QED) is 0.228. The zero-order chi connectivity index (χ0) is 27.7. The van der Waals surface area contributed by atoms with E-state index < -0.39 is 30.2 Å². The standard InChI is InChI=1S/C29H37F3N2O4/c1-3-21-14-23(10-11-24(21)15-33-16-25(17-35)28(36)37)19(2)34-38-18-20-9-12-26(22-7-5-4-6-8-22)27(13-20)29(30,31)32/h9-14,22,25,33,35H,3-8,15-18H2,1-2H3,(H,36,37)/b34-19+. The normalized spacial score (nSPS) is 15.9. The molecule has 0 radical (unpaired) electrons. The fourth-order valence-electron chi connectivity index (χ4n) is 4.93. The Kier molecular flexibility index (Phi) is 10.7. The van der Waals surface area contributed by atoms with E-state index >= 15 is 0 Å². The number of carboxylic acid groups (broad SMARTS) is 1. The van der Waals surface area contributed by atoms with Crippen molar-refractivity contribution in [3.8, 4) is 0 Å². The maximum atomic E-state index is 13.8. The average Bonchev–Trinajstić information content (AvgIpc) is 2.90. The van der Waals surface area contributed by atoms with Crippen molar-refractivity contribution in [1.82, 2.24) is 5.32 Å². The summed E-state index contributed by atoms with van der Waals surface area (Å²) >= 11 is 0. The summed E-state index contributed by atoms with van der Waals surface area (Å²) < 4.78 is 41.5. The summed E-state index contributed by atoms with van der Waals surface area (Å²) in [4.78, 5) is 16.5. The summed E-state index contributed by atoms with van der Waals surface area (Å²) in [7, 11) is 0. The number of carboxylic acids is 1. The van der Waals surface area contributed by atoms with E-state index in [2.05, 4.69) is 10.5 Å². The van der Waals surface area contributed by atoms with Crippen LogP contribution in [0, 0.1) is 5.92 Å². The minimum Gasteiger partial charge on any atom is -0.481 e. The second-order valence-electron chi connectivity index (χ2n) is 9.89. The summed E-state index contributed by atoms with van der Waals surface area (Å²) in [5.74, 6) is -1.95. The first-order valence-corrected chi connectivity index (χ1v) is 13.2. The molecule has 0 aliphatic heterocycles. The lowest BCUT2D eigenvalue weighted by Gasteiger charge is -2.25. The minimum atomic E-state index is -4.41. The molecule has 208 valence electrons. The Morgan fingerprint density at radius 2 is 1.87 bits per heavy atom. The maximum absolute atomic E-state index is 13.8. The van der Waals surface area contributed by atoms with E-state index in [9.17, 15) is 18.0 Å². The van der Waals surface area contributed by atoms with E-state index in [1.165, 1.54) is 6.07 Å². The van der Waals surface area contributed by atoms with Crippen LogP contribution < -0.4 is 5.32 Å². The molecular formula is C29H37F3N2O4. The summed E-state index contributed by atoms with van der Waals surface area (Å²) in [6.45, 7) is 3.90. The summed E-state index contributed by atoms with van der Waals surface area (Å²) in [6, 6.07) is 10.3. The van der Waals surface area contributed by atoms with Gasteiger partial charge in [-0.2, -0.15) is 13.2 Å². The lowest BCUT2D eigenvalue weighted by Crippen LogP contribution is -2.30. The number of alkyl halides is 3. The number of aliphatic hydroxyl groups is 1. The molecule has 0 saturated heterocycles. The molecule has 9 heteroatoms. The van der Waals surface area contributed by atoms with Gasteiger partial charge < -0.3 is 20.4 Å². The second-order valence-corrected chi connectivity index (χ2v) is 9.89. The Morgan fingerprint density at radius 1 is 1.13 bits per heavy atom. The van der Waals surface area contributed by atoms with Gasteiger partial charge in [0.05, 0.1) is 23.8 Å². The number of halogens is 3. The summed E-state index contributed by atoms with van der Waals surface area (Å²) in [5.41, 5.74) is 3.71. The zero-order valence-corrected chi connectivity index (χ0v) is 22.0. The Labute approximate surface area is 221 Å². The number of benzene rings is 2. The molecule has 2 aromatic carbocycles. The number of carbonyl (C=O) groups is 1. The molecule has 1 unspecified atom stereocenters. The fourth-order valence-corrected chi connectivity index (χ4v) is 4.93. The number of hydrogen-bond acceptors (Lipinski definition) is 5. The third-order valence-corrected chi connectivity index (χ3v) is 7.18. The molecule has 38 heavy (non-hydrogen) atoms. The smallest absolute Gasteiger partial charge is 0.416 e. The molecule has 0 amide bonds. The van der Waals surface area contributed by atoms with Gasteiger partial charge in [-0.1, -0.05) is 55.6 Å². The molecular weight excluding hydrogens is 497 g/mol. The number of aryl methyl sites for hydroxylation is 1. The van der Waals surface area contributed by atoms with Crippen LogP contribution in [-0.4, -0.2) is 35.0 Å². The molecule has 2 aromatic rings. The van der Waals surface area contributed by atoms with Gasteiger partial charge in [0, 0.05) is 13.1 Å². The van der Waals surface area contributed by atoms with Crippen LogP contribution in [0.2, 0.25) is 0 Å². The van der Waals surface area contributed by atoms with Crippen LogP contribution in [0.5, 0.6) is 0 Å².